The standard InChI is InChI=1S/C32H36N6O2/c39-32(33-25-35-13-15-36(16-14-35)28-7-3-1-4-8-28)23-26-21-27(24-30(22-26)37-17-19-40-20-18-37)31-11-12-38(34-31)29-9-5-2-6-10-29/h1-12,21-22,24H,13-20,23,25H2,(H,33,39). The number of benzene rings is 3. The molecule has 3 aromatic carbocycles. The first-order valence-electron chi connectivity index (χ1n) is 14.1. The second-order valence-corrected chi connectivity index (χ2v) is 10.3. The maximum Gasteiger partial charge on any atom is 0.225 e. The van der Waals surface area contributed by atoms with E-state index in [1.165, 1.54) is 5.69 Å². The van der Waals surface area contributed by atoms with Crippen LogP contribution in [-0.2, 0) is 16.0 Å². The van der Waals surface area contributed by atoms with Crippen LogP contribution in [0.5, 0.6) is 0 Å². The van der Waals surface area contributed by atoms with Crippen LogP contribution >= 0.6 is 0 Å². The van der Waals surface area contributed by atoms with E-state index in [4.69, 9.17) is 9.84 Å². The summed E-state index contributed by atoms with van der Waals surface area (Å²) in [6.45, 7) is 7.43. The van der Waals surface area contributed by atoms with Crippen LogP contribution in [0, 0.1) is 0 Å². The molecule has 2 fully saturated rings. The van der Waals surface area contributed by atoms with Crippen LogP contribution in [0.1, 0.15) is 5.56 Å². The fourth-order valence-corrected chi connectivity index (χ4v) is 5.38. The molecule has 1 N–H and O–H groups in total. The zero-order valence-corrected chi connectivity index (χ0v) is 22.8. The van der Waals surface area contributed by atoms with Crippen molar-refractivity contribution in [2.45, 2.75) is 6.42 Å². The number of ether oxygens (including phenoxy) is 1. The van der Waals surface area contributed by atoms with Crippen LogP contribution in [0.4, 0.5) is 11.4 Å². The van der Waals surface area contributed by atoms with Gasteiger partial charge in [-0.05, 0) is 54.1 Å². The third kappa shape index (κ3) is 6.35. The highest BCUT2D eigenvalue weighted by atomic mass is 16.5. The Labute approximate surface area is 235 Å². The third-order valence-electron chi connectivity index (χ3n) is 7.62. The van der Waals surface area contributed by atoms with Gasteiger partial charge in [0.15, 0.2) is 0 Å². The van der Waals surface area contributed by atoms with E-state index in [0.717, 1.165) is 67.5 Å². The fourth-order valence-electron chi connectivity index (χ4n) is 5.38. The minimum Gasteiger partial charge on any atom is -0.378 e. The fraction of sp³-hybridized carbons (Fsp3) is 0.312. The molecule has 6 rings (SSSR count). The van der Waals surface area contributed by atoms with Crippen LogP contribution in [0.15, 0.2) is 91.1 Å². The molecule has 0 unspecified atom stereocenters. The number of piperazine rings is 1. The molecule has 0 spiro atoms. The number of aromatic nitrogens is 2. The number of nitrogens with zero attached hydrogens (tertiary/aromatic N) is 5. The summed E-state index contributed by atoms with van der Waals surface area (Å²) in [6, 6.07) is 29.1. The van der Waals surface area contributed by atoms with Crippen molar-refractivity contribution in [3.63, 3.8) is 0 Å². The van der Waals surface area contributed by atoms with Gasteiger partial charge in [0, 0.05) is 62.4 Å². The van der Waals surface area contributed by atoms with E-state index in [1.807, 2.05) is 53.3 Å². The van der Waals surface area contributed by atoms with E-state index < -0.39 is 0 Å². The second kappa shape index (κ2) is 12.4. The van der Waals surface area contributed by atoms with Crippen molar-refractivity contribution in [3.8, 4) is 16.9 Å². The summed E-state index contributed by atoms with van der Waals surface area (Å²) in [6.07, 6.45) is 2.31. The molecule has 1 aromatic heterocycles. The minimum absolute atomic E-state index is 0.0328. The number of hydrogen-bond donors (Lipinski definition) is 1. The van der Waals surface area contributed by atoms with Crippen molar-refractivity contribution in [1.82, 2.24) is 20.0 Å². The zero-order chi connectivity index (χ0) is 27.1. The molecular weight excluding hydrogens is 500 g/mol. The molecule has 8 nitrogen and oxygen atoms in total. The average Bonchev–Trinajstić information content (AvgIpc) is 3.52. The first-order chi connectivity index (χ1) is 19.7. The maximum atomic E-state index is 13.1. The average molecular weight is 537 g/mol. The lowest BCUT2D eigenvalue weighted by atomic mass is 10.0. The number of carbonyl (C=O) groups is 1. The number of amides is 1. The molecule has 0 atom stereocenters. The lowest BCUT2D eigenvalue weighted by Crippen LogP contribution is -2.50. The highest BCUT2D eigenvalue weighted by Crippen LogP contribution is 2.28. The van der Waals surface area contributed by atoms with E-state index in [2.05, 4.69) is 62.5 Å². The first-order valence-corrected chi connectivity index (χ1v) is 14.1. The minimum atomic E-state index is 0.0328. The Morgan fingerprint density at radius 1 is 0.750 bits per heavy atom. The summed E-state index contributed by atoms with van der Waals surface area (Å²) >= 11 is 0. The quantitative estimate of drug-likeness (QED) is 0.370. The summed E-state index contributed by atoms with van der Waals surface area (Å²) < 4.78 is 7.46. The molecule has 8 heteroatoms. The summed E-state index contributed by atoms with van der Waals surface area (Å²) in [7, 11) is 0. The van der Waals surface area contributed by atoms with Crippen LogP contribution in [0.25, 0.3) is 16.9 Å². The van der Waals surface area contributed by atoms with E-state index >= 15 is 0 Å². The monoisotopic (exact) mass is 536 g/mol. The second-order valence-electron chi connectivity index (χ2n) is 10.3. The Bertz CT molecular complexity index is 1390. The Kier molecular flexibility index (Phi) is 8.07. The van der Waals surface area contributed by atoms with Gasteiger partial charge in [0.25, 0.3) is 0 Å². The van der Waals surface area contributed by atoms with Crippen LogP contribution in [0.2, 0.25) is 0 Å². The van der Waals surface area contributed by atoms with Crippen LogP contribution < -0.4 is 15.1 Å². The van der Waals surface area contributed by atoms with Gasteiger partial charge in [-0.2, -0.15) is 5.10 Å². The Hall–Kier alpha value is -4.14. The van der Waals surface area contributed by atoms with Gasteiger partial charge in [0.2, 0.25) is 5.91 Å². The molecule has 2 aliphatic rings. The number of para-hydroxylation sites is 2. The molecular formula is C32H36N6O2. The molecule has 0 radical (unpaired) electrons. The molecule has 0 aliphatic carbocycles. The predicted octanol–water partition coefficient (Wildman–Crippen LogP) is 3.81. The van der Waals surface area contributed by atoms with Crippen molar-refractivity contribution in [3.05, 3.63) is 96.7 Å². The molecule has 4 aromatic rings. The molecule has 2 saturated heterocycles. The lowest BCUT2D eigenvalue weighted by molar-refractivity contribution is -0.121. The normalized spacial score (nSPS) is 16.2. The van der Waals surface area contributed by atoms with Gasteiger partial charge < -0.3 is 19.9 Å². The third-order valence-corrected chi connectivity index (χ3v) is 7.62. The van der Waals surface area contributed by atoms with Crippen LogP contribution in [0.3, 0.4) is 0 Å². The Morgan fingerprint density at radius 3 is 2.15 bits per heavy atom. The Morgan fingerprint density at radius 2 is 1.43 bits per heavy atom. The number of hydrogen-bond acceptors (Lipinski definition) is 6. The van der Waals surface area contributed by atoms with Gasteiger partial charge in [-0.15, -0.1) is 0 Å². The van der Waals surface area contributed by atoms with Crippen molar-refractivity contribution < 1.29 is 9.53 Å². The Balaban J connectivity index is 1.12. The summed E-state index contributed by atoms with van der Waals surface area (Å²) in [4.78, 5) is 20.1. The lowest BCUT2D eigenvalue weighted by Gasteiger charge is -2.36. The van der Waals surface area contributed by atoms with Crippen molar-refractivity contribution >= 4 is 17.3 Å². The molecule has 0 bridgehead atoms. The number of nitrogens with one attached hydrogen (secondary N) is 1. The molecule has 206 valence electrons. The van der Waals surface area contributed by atoms with Crippen molar-refractivity contribution in [2.75, 3.05) is 69.0 Å². The predicted molar refractivity (Wildman–Crippen MR) is 159 cm³/mol. The van der Waals surface area contributed by atoms with E-state index in [0.29, 0.717) is 26.3 Å². The largest absolute Gasteiger partial charge is 0.378 e. The van der Waals surface area contributed by atoms with Gasteiger partial charge in [-0.1, -0.05) is 36.4 Å². The molecule has 0 saturated carbocycles. The topological polar surface area (TPSA) is 65.9 Å². The van der Waals surface area contributed by atoms with E-state index in [9.17, 15) is 4.79 Å². The van der Waals surface area contributed by atoms with Gasteiger partial charge >= 0.3 is 0 Å². The van der Waals surface area contributed by atoms with Gasteiger partial charge in [-0.3, -0.25) is 9.69 Å². The SMILES string of the molecule is O=C(Cc1cc(-c2ccn(-c3ccccc3)n2)cc(N2CCOCC2)c1)NCN1CCN(c2ccccc2)CC1. The molecule has 40 heavy (non-hydrogen) atoms. The van der Waals surface area contributed by atoms with E-state index in [1.54, 1.807) is 0 Å². The summed E-state index contributed by atoms with van der Waals surface area (Å²) in [5.74, 6) is 0.0328. The van der Waals surface area contributed by atoms with Gasteiger partial charge in [0.05, 0.1) is 37.7 Å². The summed E-state index contributed by atoms with van der Waals surface area (Å²) in [5.41, 5.74) is 6.27. The van der Waals surface area contributed by atoms with Crippen LogP contribution in [-0.4, -0.2) is 79.7 Å². The molecule has 2 aliphatic heterocycles. The van der Waals surface area contributed by atoms with Crippen molar-refractivity contribution in [1.29, 1.82) is 0 Å². The zero-order valence-electron chi connectivity index (χ0n) is 22.8. The molecule has 3 heterocycles. The highest BCUT2D eigenvalue weighted by Gasteiger charge is 2.19. The number of anilines is 2. The molecule has 1 amide bonds. The first kappa shape index (κ1) is 26.1. The highest BCUT2D eigenvalue weighted by molar-refractivity contribution is 5.80. The smallest absolute Gasteiger partial charge is 0.225 e. The number of rotatable bonds is 8. The number of carbonyl (C=O) groups excluding carboxylic acids is 1. The van der Waals surface area contributed by atoms with Gasteiger partial charge in [-0.25, -0.2) is 4.68 Å². The van der Waals surface area contributed by atoms with Crippen molar-refractivity contribution in [2.24, 2.45) is 0 Å². The van der Waals surface area contributed by atoms with E-state index in [-0.39, 0.29) is 5.91 Å². The number of morpholine rings is 1. The summed E-state index contributed by atoms with van der Waals surface area (Å²) in [5, 5.41) is 8.00. The maximum absolute atomic E-state index is 13.1. The van der Waals surface area contributed by atoms with Gasteiger partial charge in [0.1, 0.15) is 0 Å².